The number of esters is 1. The van der Waals surface area contributed by atoms with Gasteiger partial charge in [0.05, 0.1) is 12.8 Å². The zero-order chi connectivity index (χ0) is 25.0. The SMILES string of the molecule is COC(=O)C(c1cc(N2CC3(CC(c4cc5cc(-c6ccccc6O)nnc5s4)C3)C2)no1)C(C)C. The molecule has 1 saturated heterocycles. The lowest BCUT2D eigenvalue weighted by molar-refractivity contribution is -0.144. The summed E-state index contributed by atoms with van der Waals surface area (Å²) in [6, 6.07) is 13.3. The second kappa shape index (κ2) is 8.58. The number of phenols is 1. The van der Waals surface area contributed by atoms with Crippen molar-refractivity contribution in [3.63, 3.8) is 0 Å². The maximum absolute atomic E-state index is 12.2. The van der Waals surface area contributed by atoms with Gasteiger partial charge in [-0.05, 0) is 48.9 Å². The zero-order valence-corrected chi connectivity index (χ0v) is 21.3. The number of benzene rings is 1. The highest BCUT2D eigenvalue weighted by atomic mass is 32.1. The van der Waals surface area contributed by atoms with Crippen LogP contribution in [0.15, 0.2) is 47.0 Å². The number of nitrogens with zero attached hydrogens (tertiary/aromatic N) is 4. The van der Waals surface area contributed by atoms with Crippen molar-refractivity contribution >= 4 is 33.3 Å². The molecular weight excluding hydrogens is 476 g/mol. The van der Waals surface area contributed by atoms with Crippen molar-refractivity contribution in [2.75, 3.05) is 25.1 Å². The van der Waals surface area contributed by atoms with E-state index in [1.807, 2.05) is 38.1 Å². The highest BCUT2D eigenvalue weighted by Crippen LogP contribution is 2.58. The summed E-state index contributed by atoms with van der Waals surface area (Å²) in [4.78, 5) is 16.7. The van der Waals surface area contributed by atoms with Crippen molar-refractivity contribution in [1.29, 1.82) is 0 Å². The number of rotatable bonds is 6. The number of carbonyl (C=O) groups is 1. The van der Waals surface area contributed by atoms with E-state index >= 15 is 0 Å². The second-order valence-electron chi connectivity index (χ2n) is 10.4. The molecule has 2 fully saturated rings. The number of anilines is 1. The average Bonchev–Trinajstić information content (AvgIpc) is 3.44. The summed E-state index contributed by atoms with van der Waals surface area (Å²) in [7, 11) is 1.40. The number of hydrogen-bond acceptors (Lipinski definition) is 9. The van der Waals surface area contributed by atoms with Crippen LogP contribution < -0.4 is 4.90 Å². The molecule has 2 aliphatic rings. The maximum atomic E-state index is 12.2. The first-order chi connectivity index (χ1) is 17.4. The Hall–Kier alpha value is -3.46. The highest BCUT2D eigenvalue weighted by Gasteiger charge is 2.53. The molecule has 0 radical (unpaired) electrons. The lowest BCUT2D eigenvalue weighted by Crippen LogP contribution is -2.61. The Morgan fingerprint density at radius 1 is 1.19 bits per heavy atom. The molecule has 186 valence electrons. The molecule has 1 atom stereocenters. The minimum Gasteiger partial charge on any atom is -0.507 e. The van der Waals surface area contributed by atoms with E-state index in [1.165, 1.54) is 12.0 Å². The molecule has 1 aliphatic carbocycles. The molecule has 36 heavy (non-hydrogen) atoms. The Labute approximate surface area is 212 Å². The molecule has 1 saturated carbocycles. The van der Waals surface area contributed by atoms with Crippen LogP contribution in [-0.4, -0.2) is 46.6 Å². The Balaban J connectivity index is 1.11. The van der Waals surface area contributed by atoms with Gasteiger partial charge in [0.25, 0.3) is 0 Å². The molecule has 1 aliphatic heterocycles. The van der Waals surface area contributed by atoms with Crippen molar-refractivity contribution in [3.05, 3.63) is 53.1 Å². The topological polar surface area (TPSA) is 102 Å². The van der Waals surface area contributed by atoms with Crippen LogP contribution in [-0.2, 0) is 9.53 Å². The molecule has 3 aromatic heterocycles. The second-order valence-corrected chi connectivity index (χ2v) is 11.5. The molecule has 1 spiro atoms. The van der Waals surface area contributed by atoms with Crippen LogP contribution in [0.2, 0.25) is 0 Å². The molecular formula is C27H28N4O4S. The third-order valence-electron chi connectivity index (χ3n) is 7.56. The Kier molecular flexibility index (Phi) is 5.48. The summed E-state index contributed by atoms with van der Waals surface area (Å²) < 4.78 is 10.5. The number of hydrogen-bond donors (Lipinski definition) is 1. The Morgan fingerprint density at radius 2 is 1.97 bits per heavy atom. The van der Waals surface area contributed by atoms with Gasteiger partial charge in [0, 0.05) is 40.4 Å². The fourth-order valence-corrected chi connectivity index (χ4v) is 6.74. The number of thiophene rings is 1. The van der Waals surface area contributed by atoms with Crippen molar-refractivity contribution in [2.24, 2.45) is 11.3 Å². The van der Waals surface area contributed by atoms with Gasteiger partial charge < -0.3 is 19.3 Å². The van der Waals surface area contributed by atoms with Crippen LogP contribution in [0.4, 0.5) is 5.82 Å². The summed E-state index contributed by atoms with van der Waals surface area (Å²) in [5.41, 5.74) is 1.69. The summed E-state index contributed by atoms with van der Waals surface area (Å²) in [6.07, 6.45) is 2.27. The maximum Gasteiger partial charge on any atom is 0.316 e. The van der Waals surface area contributed by atoms with E-state index in [1.54, 1.807) is 23.5 Å². The van der Waals surface area contributed by atoms with Gasteiger partial charge in [0.2, 0.25) is 0 Å². The largest absolute Gasteiger partial charge is 0.507 e. The number of carbonyl (C=O) groups excluding carboxylic acids is 1. The third kappa shape index (κ3) is 3.82. The number of fused-ring (bicyclic) bond motifs is 1. The van der Waals surface area contributed by atoms with Gasteiger partial charge in [0.15, 0.2) is 11.6 Å². The van der Waals surface area contributed by atoms with E-state index in [2.05, 4.69) is 26.3 Å². The minimum absolute atomic E-state index is 0.0637. The number of aromatic hydroxyl groups is 1. The molecule has 0 bridgehead atoms. The summed E-state index contributed by atoms with van der Waals surface area (Å²) in [5, 5.41) is 24.2. The Morgan fingerprint density at radius 3 is 2.69 bits per heavy atom. The lowest BCUT2D eigenvalue weighted by atomic mass is 9.57. The molecule has 4 heterocycles. The molecule has 1 unspecified atom stereocenters. The quantitative estimate of drug-likeness (QED) is 0.351. The zero-order valence-electron chi connectivity index (χ0n) is 20.5. The van der Waals surface area contributed by atoms with Crippen LogP contribution in [0.3, 0.4) is 0 Å². The molecule has 6 rings (SSSR count). The summed E-state index contributed by atoms with van der Waals surface area (Å²) >= 11 is 1.71. The monoisotopic (exact) mass is 504 g/mol. The lowest BCUT2D eigenvalue weighted by Gasteiger charge is -2.59. The van der Waals surface area contributed by atoms with E-state index in [-0.39, 0.29) is 17.6 Å². The van der Waals surface area contributed by atoms with Gasteiger partial charge in [-0.2, -0.15) is 0 Å². The first kappa shape index (κ1) is 23.0. The highest BCUT2D eigenvalue weighted by molar-refractivity contribution is 7.18. The third-order valence-corrected chi connectivity index (χ3v) is 8.76. The normalized spacial score (nSPS) is 17.8. The predicted octanol–water partition coefficient (Wildman–Crippen LogP) is 5.35. The van der Waals surface area contributed by atoms with Crippen molar-refractivity contribution in [3.8, 4) is 17.0 Å². The predicted molar refractivity (Wildman–Crippen MR) is 137 cm³/mol. The number of phenolic OH excluding ortho intramolecular Hbond substituents is 1. The standard InChI is InChI=1S/C27H28N4O4S/c1-15(2)24(26(33)34-3)21-10-23(30-35-21)31-13-27(14-31)11-17(12-27)22-9-16-8-19(28-29-25(16)36-22)18-6-4-5-7-20(18)32/h4-10,15,17,24,32H,11-14H2,1-3H3. The van der Waals surface area contributed by atoms with Crippen molar-refractivity contribution < 1.29 is 19.2 Å². The first-order valence-electron chi connectivity index (χ1n) is 12.2. The van der Waals surface area contributed by atoms with E-state index < -0.39 is 5.92 Å². The smallest absolute Gasteiger partial charge is 0.316 e. The minimum atomic E-state index is -0.443. The van der Waals surface area contributed by atoms with Gasteiger partial charge in [-0.25, -0.2) is 0 Å². The van der Waals surface area contributed by atoms with Crippen LogP contribution >= 0.6 is 11.3 Å². The van der Waals surface area contributed by atoms with Crippen LogP contribution in [0.1, 0.15) is 49.2 Å². The first-order valence-corrected chi connectivity index (χ1v) is 13.0. The average molecular weight is 505 g/mol. The van der Waals surface area contributed by atoms with Gasteiger partial charge in [-0.15, -0.1) is 21.5 Å². The van der Waals surface area contributed by atoms with E-state index in [4.69, 9.17) is 9.26 Å². The molecule has 8 nitrogen and oxygen atoms in total. The van der Waals surface area contributed by atoms with Crippen LogP contribution in [0.25, 0.3) is 21.5 Å². The molecule has 4 aromatic rings. The van der Waals surface area contributed by atoms with Gasteiger partial charge >= 0.3 is 5.97 Å². The van der Waals surface area contributed by atoms with Crippen LogP contribution in [0, 0.1) is 11.3 Å². The Bertz CT molecular complexity index is 1430. The number of para-hydroxylation sites is 1. The van der Waals surface area contributed by atoms with Crippen molar-refractivity contribution in [1.82, 2.24) is 15.4 Å². The van der Waals surface area contributed by atoms with Gasteiger partial charge in [-0.1, -0.05) is 31.1 Å². The fraction of sp³-hybridized carbons (Fsp3) is 0.407. The van der Waals surface area contributed by atoms with E-state index in [9.17, 15) is 9.90 Å². The summed E-state index contributed by atoms with van der Waals surface area (Å²) in [6.45, 7) is 5.84. The molecule has 0 amide bonds. The van der Waals surface area contributed by atoms with E-state index in [0.717, 1.165) is 42.0 Å². The molecule has 1 N–H and O–H groups in total. The molecule has 9 heteroatoms. The number of aromatic nitrogens is 3. The fourth-order valence-electron chi connectivity index (χ4n) is 5.68. The number of methoxy groups -OCH3 is 1. The van der Waals surface area contributed by atoms with Crippen LogP contribution in [0.5, 0.6) is 5.75 Å². The van der Waals surface area contributed by atoms with E-state index in [0.29, 0.717) is 28.4 Å². The van der Waals surface area contributed by atoms with Crippen molar-refractivity contribution in [2.45, 2.75) is 38.5 Å². The summed E-state index contributed by atoms with van der Waals surface area (Å²) in [5.74, 6) is 1.42. The molecule has 1 aromatic carbocycles. The van der Waals surface area contributed by atoms with Gasteiger partial charge in [-0.3, -0.25) is 4.79 Å². The van der Waals surface area contributed by atoms with Gasteiger partial charge in [0.1, 0.15) is 16.5 Å². The number of ether oxygens (including phenoxy) is 1.